The molecule has 1 atom stereocenters. The highest BCUT2D eigenvalue weighted by atomic mass is 19.1. The van der Waals surface area contributed by atoms with Crippen molar-refractivity contribution in [1.29, 1.82) is 0 Å². The van der Waals surface area contributed by atoms with Gasteiger partial charge < -0.3 is 14.6 Å². The average molecular weight is 256 g/mol. The van der Waals surface area contributed by atoms with Gasteiger partial charge in [0.05, 0.1) is 25.7 Å². The summed E-state index contributed by atoms with van der Waals surface area (Å²) in [6, 6.07) is 4.40. The molecule has 0 saturated heterocycles. The van der Waals surface area contributed by atoms with Crippen LogP contribution < -0.4 is 4.74 Å². The molecule has 0 aromatic heterocycles. The average Bonchev–Trinajstić information content (AvgIpc) is 2.37. The van der Waals surface area contributed by atoms with E-state index in [4.69, 9.17) is 4.74 Å². The fourth-order valence-corrected chi connectivity index (χ4v) is 1.66. The number of aliphatic hydroxyl groups is 1. The van der Waals surface area contributed by atoms with E-state index in [-0.39, 0.29) is 11.3 Å². The van der Waals surface area contributed by atoms with E-state index in [2.05, 4.69) is 4.74 Å². The number of halogens is 1. The summed E-state index contributed by atoms with van der Waals surface area (Å²) in [5.74, 6) is -1.27. The topological polar surface area (TPSA) is 55.8 Å². The summed E-state index contributed by atoms with van der Waals surface area (Å²) in [6.45, 7) is 2.98. The first-order valence-electron chi connectivity index (χ1n) is 5.45. The van der Waals surface area contributed by atoms with Crippen molar-refractivity contribution in [1.82, 2.24) is 0 Å². The van der Waals surface area contributed by atoms with E-state index >= 15 is 0 Å². The first-order valence-corrected chi connectivity index (χ1v) is 5.45. The van der Waals surface area contributed by atoms with Gasteiger partial charge in [0.25, 0.3) is 0 Å². The van der Waals surface area contributed by atoms with Crippen LogP contribution in [-0.4, -0.2) is 25.3 Å². The lowest BCUT2D eigenvalue weighted by Crippen LogP contribution is -2.33. The number of esters is 1. The third-order valence-electron chi connectivity index (χ3n) is 2.90. The number of benzene rings is 1. The van der Waals surface area contributed by atoms with E-state index in [1.807, 2.05) is 0 Å². The van der Waals surface area contributed by atoms with Gasteiger partial charge in [0.15, 0.2) is 11.6 Å². The molecular formula is C13H17FO4. The Bertz CT molecular complexity index is 443. The van der Waals surface area contributed by atoms with Gasteiger partial charge in [-0.1, -0.05) is 12.1 Å². The second-order valence-corrected chi connectivity index (χ2v) is 4.48. The van der Waals surface area contributed by atoms with Crippen LogP contribution in [0, 0.1) is 11.2 Å². The molecule has 0 radical (unpaired) electrons. The molecule has 100 valence electrons. The molecule has 0 aliphatic heterocycles. The lowest BCUT2D eigenvalue weighted by molar-refractivity contribution is -0.157. The van der Waals surface area contributed by atoms with E-state index < -0.39 is 23.3 Å². The van der Waals surface area contributed by atoms with E-state index in [0.29, 0.717) is 0 Å². The fraction of sp³-hybridized carbons (Fsp3) is 0.462. The van der Waals surface area contributed by atoms with Crippen molar-refractivity contribution in [2.24, 2.45) is 5.41 Å². The molecule has 1 N–H and O–H groups in total. The van der Waals surface area contributed by atoms with Crippen LogP contribution in [-0.2, 0) is 9.53 Å². The molecule has 1 aromatic rings. The molecule has 0 saturated carbocycles. The van der Waals surface area contributed by atoms with Crippen LogP contribution in [0.2, 0.25) is 0 Å². The van der Waals surface area contributed by atoms with E-state index in [1.165, 1.54) is 40.2 Å². The number of carbonyl (C=O) groups is 1. The van der Waals surface area contributed by atoms with Gasteiger partial charge in [0.1, 0.15) is 0 Å². The van der Waals surface area contributed by atoms with Crippen LogP contribution in [0.1, 0.15) is 25.5 Å². The summed E-state index contributed by atoms with van der Waals surface area (Å²) in [4.78, 5) is 11.6. The number of hydrogen-bond donors (Lipinski definition) is 1. The monoisotopic (exact) mass is 256 g/mol. The lowest BCUT2D eigenvalue weighted by atomic mass is 9.82. The summed E-state index contributed by atoms with van der Waals surface area (Å²) in [5, 5.41) is 10.2. The Morgan fingerprint density at radius 3 is 2.50 bits per heavy atom. The first-order chi connectivity index (χ1) is 8.36. The number of rotatable bonds is 4. The zero-order chi connectivity index (χ0) is 13.9. The first kappa shape index (κ1) is 14.4. The Morgan fingerprint density at radius 2 is 2.00 bits per heavy atom. The third-order valence-corrected chi connectivity index (χ3v) is 2.90. The second-order valence-electron chi connectivity index (χ2n) is 4.48. The molecule has 4 nitrogen and oxygen atoms in total. The predicted molar refractivity (Wildman–Crippen MR) is 63.7 cm³/mol. The van der Waals surface area contributed by atoms with Crippen molar-refractivity contribution < 1.29 is 23.8 Å². The van der Waals surface area contributed by atoms with Gasteiger partial charge >= 0.3 is 5.97 Å². The van der Waals surface area contributed by atoms with Gasteiger partial charge in [0.2, 0.25) is 0 Å². The number of ether oxygens (including phenoxy) is 2. The fourth-order valence-electron chi connectivity index (χ4n) is 1.66. The third kappa shape index (κ3) is 2.46. The maximum atomic E-state index is 14.0. The van der Waals surface area contributed by atoms with Gasteiger partial charge in [-0.05, 0) is 19.9 Å². The largest absolute Gasteiger partial charge is 0.494 e. The van der Waals surface area contributed by atoms with Gasteiger partial charge in [-0.25, -0.2) is 4.39 Å². The van der Waals surface area contributed by atoms with Crippen molar-refractivity contribution in [2.75, 3.05) is 14.2 Å². The maximum Gasteiger partial charge on any atom is 0.314 e. The molecule has 0 fully saturated rings. The molecule has 0 amide bonds. The Hall–Kier alpha value is -1.62. The van der Waals surface area contributed by atoms with Gasteiger partial charge in [0, 0.05) is 5.56 Å². The molecule has 0 aliphatic rings. The number of hydrogen-bond acceptors (Lipinski definition) is 4. The predicted octanol–water partition coefficient (Wildman–Crippen LogP) is 2.07. The summed E-state index contributed by atoms with van der Waals surface area (Å²) in [6.07, 6.45) is -1.32. The number of carbonyl (C=O) groups excluding carboxylic acids is 1. The standard InChI is InChI=1S/C13H17FO4/c1-13(2,12(16)18-4)11(15)8-6-5-7-9(17-3)10(8)14/h5-7,11,15H,1-4H3. The lowest BCUT2D eigenvalue weighted by Gasteiger charge is -2.28. The zero-order valence-electron chi connectivity index (χ0n) is 10.9. The molecule has 0 bridgehead atoms. The molecule has 1 rings (SSSR count). The molecule has 18 heavy (non-hydrogen) atoms. The minimum absolute atomic E-state index is 0.00440. The normalized spacial score (nSPS) is 13.0. The highest BCUT2D eigenvalue weighted by molar-refractivity contribution is 5.76. The van der Waals surface area contributed by atoms with E-state index in [0.717, 1.165) is 0 Å². The Kier molecular flexibility index (Phi) is 4.29. The Morgan fingerprint density at radius 1 is 1.39 bits per heavy atom. The van der Waals surface area contributed by atoms with Crippen LogP contribution >= 0.6 is 0 Å². The van der Waals surface area contributed by atoms with Crippen LogP contribution in [0.25, 0.3) is 0 Å². The van der Waals surface area contributed by atoms with Gasteiger partial charge in [-0.15, -0.1) is 0 Å². The highest BCUT2D eigenvalue weighted by Crippen LogP contribution is 2.37. The van der Waals surface area contributed by atoms with Crippen molar-refractivity contribution in [3.63, 3.8) is 0 Å². The molecule has 1 unspecified atom stereocenters. The minimum atomic E-state index is -1.32. The van der Waals surface area contributed by atoms with Crippen LogP contribution in [0.3, 0.4) is 0 Å². The van der Waals surface area contributed by atoms with Crippen molar-refractivity contribution in [3.05, 3.63) is 29.6 Å². The van der Waals surface area contributed by atoms with Crippen molar-refractivity contribution in [3.8, 4) is 5.75 Å². The van der Waals surface area contributed by atoms with Crippen molar-refractivity contribution >= 4 is 5.97 Å². The van der Waals surface area contributed by atoms with Gasteiger partial charge in [-0.3, -0.25) is 4.79 Å². The number of aliphatic hydroxyl groups excluding tert-OH is 1. The molecule has 0 aliphatic carbocycles. The van der Waals surface area contributed by atoms with Gasteiger partial charge in [-0.2, -0.15) is 0 Å². The summed E-state index contributed by atoms with van der Waals surface area (Å²) < 4.78 is 23.4. The molecule has 1 aromatic carbocycles. The summed E-state index contributed by atoms with van der Waals surface area (Å²) in [5.41, 5.74) is -1.24. The molecule has 5 heteroatoms. The zero-order valence-corrected chi connectivity index (χ0v) is 10.9. The minimum Gasteiger partial charge on any atom is -0.494 e. The van der Waals surface area contributed by atoms with Crippen LogP contribution in [0.15, 0.2) is 18.2 Å². The van der Waals surface area contributed by atoms with Crippen LogP contribution in [0.4, 0.5) is 4.39 Å². The SMILES string of the molecule is COC(=O)C(C)(C)C(O)c1cccc(OC)c1F. The smallest absolute Gasteiger partial charge is 0.314 e. The molecular weight excluding hydrogens is 239 g/mol. The highest BCUT2D eigenvalue weighted by Gasteiger charge is 2.39. The van der Waals surface area contributed by atoms with E-state index in [1.54, 1.807) is 6.07 Å². The van der Waals surface area contributed by atoms with Crippen LogP contribution in [0.5, 0.6) is 5.75 Å². The Labute approximate surface area is 105 Å². The summed E-state index contributed by atoms with van der Waals surface area (Å²) >= 11 is 0. The maximum absolute atomic E-state index is 14.0. The molecule has 0 spiro atoms. The van der Waals surface area contributed by atoms with E-state index in [9.17, 15) is 14.3 Å². The number of methoxy groups -OCH3 is 2. The van der Waals surface area contributed by atoms with Crippen molar-refractivity contribution in [2.45, 2.75) is 20.0 Å². The Balaban J connectivity index is 3.18. The summed E-state index contributed by atoms with van der Waals surface area (Å²) in [7, 11) is 2.55. The second kappa shape index (κ2) is 5.35. The quantitative estimate of drug-likeness (QED) is 0.838. The molecule has 0 heterocycles.